The van der Waals surface area contributed by atoms with Gasteiger partial charge in [-0.25, -0.2) is 9.78 Å². The van der Waals surface area contributed by atoms with Crippen LogP contribution in [0.4, 0.5) is 18.9 Å². The molecule has 11 heteroatoms. The molecule has 0 fully saturated rings. The van der Waals surface area contributed by atoms with Gasteiger partial charge in [0.25, 0.3) is 5.69 Å². The fourth-order valence-corrected chi connectivity index (χ4v) is 3.61. The number of non-ortho nitro benzene ring substituents is 1. The molecule has 0 radical (unpaired) electrons. The second-order valence-corrected chi connectivity index (χ2v) is 6.94. The van der Waals surface area contributed by atoms with E-state index < -0.39 is 22.4 Å². The third-order valence-corrected chi connectivity index (χ3v) is 5.13. The van der Waals surface area contributed by atoms with E-state index in [9.17, 15) is 28.1 Å². The Balaban J connectivity index is 1.64. The lowest BCUT2D eigenvalue weighted by Gasteiger charge is -2.06. The molecule has 148 valence electrons. The van der Waals surface area contributed by atoms with Gasteiger partial charge in [0.05, 0.1) is 28.2 Å². The van der Waals surface area contributed by atoms with E-state index in [0.717, 1.165) is 12.1 Å². The number of hydrogen-bond acceptors (Lipinski definition) is 6. The van der Waals surface area contributed by atoms with Crippen LogP contribution in [0.5, 0.6) is 0 Å². The Morgan fingerprint density at radius 3 is 2.55 bits per heavy atom. The van der Waals surface area contributed by atoms with Gasteiger partial charge >= 0.3 is 11.9 Å². The van der Waals surface area contributed by atoms with Crippen LogP contribution < -0.4 is 5.76 Å². The largest absolute Gasteiger partial charge is 0.420 e. The number of rotatable bonds is 4. The van der Waals surface area contributed by atoms with Crippen LogP contribution in [0.3, 0.4) is 0 Å². The average Bonchev–Trinajstić information content (AvgIpc) is 3.26. The van der Waals surface area contributed by atoms with Crippen LogP contribution in [0.15, 0.2) is 57.1 Å². The number of oxazole rings is 1. The van der Waals surface area contributed by atoms with E-state index in [4.69, 9.17) is 4.42 Å². The van der Waals surface area contributed by atoms with Crippen molar-refractivity contribution in [1.82, 2.24) is 9.55 Å². The number of nitro benzene ring substituents is 1. The molecule has 2 heterocycles. The van der Waals surface area contributed by atoms with E-state index in [1.165, 1.54) is 46.2 Å². The summed E-state index contributed by atoms with van der Waals surface area (Å²) in [5.41, 5.74) is 0.509. The van der Waals surface area contributed by atoms with Crippen molar-refractivity contribution in [1.29, 1.82) is 0 Å². The van der Waals surface area contributed by atoms with Gasteiger partial charge in [-0.3, -0.25) is 14.7 Å². The van der Waals surface area contributed by atoms with Crippen molar-refractivity contribution < 1.29 is 22.5 Å². The minimum atomic E-state index is -4.42. The molecule has 0 aliphatic rings. The maximum absolute atomic E-state index is 12.7. The zero-order valence-electron chi connectivity index (χ0n) is 14.3. The quantitative estimate of drug-likeness (QED) is 0.352. The SMILES string of the molecule is O=c1oc2ccc([N+](=O)[O-])cc2n1Cc1csc(-c2ccc(C(F)(F)F)cc2)n1. The van der Waals surface area contributed by atoms with E-state index in [-0.39, 0.29) is 23.3 Å². The van der Waals surface area contributed by atoms with Crippen LogP contribution >= 0.6 is 11.3 Å². The van der Waals surface area contributed by atoms with Gasteiger partial charge in [0.2, 0.25) is 0 Å². The summed E-state index contributed by atoms with van der Waals surface area (Å²) in [5.74, 6) is -0.690. The summed E-state index contributed by atoms with van der Waals surface area (Å²) in [5, 5.41) is 13.1. The lowest BCUT2D eigenvalue weighted by Crippen LogP contribution is -2.15. The molecule has 0 aliphatic carbocycles. The Morgan fingerprint density at radius 2 is 1.90 bits per heavy atom. The Bertz CT molecular complexity index is 1270. The fourth-order valence-electron chi connectivity index (χ4n) is 2.79. The number of halogens is 3. The number of fused-ring (bicyclic) bond motifs is 1. The summed E-state index contributed by atoms with van der Waals surface area (Å²) < 4.78 is 44.4. The van der Waals surface area contributed by atoms with Crippen molar-refractivity contribution in [3.8, 4) is 10.6 Å². The van der Waals surface area contributed by atoms with Gasteiger partial charge in [0.1, 0.15) is 5.01 Å². The first-order valence-corrected chi connectivity index (χ1v) is 9.00. The number of nitro groups is 1. The van der Waals surface area contributed by atoms with E-state index in [2.05, 4.69) is 4.98 Å². The molecule has 0 atom stereocenters. The highest BCUT2D eigenvalue weighted by Gasteiger charge is 2.30. The number of benzene rings is 2. The minimum Gasteiger partial charge on any atom is -0.408 e. The molecular weight excluding hydrogens is 411 g/mol. The molecule has 0 unspecified atom stereocenters. The highest BCUT2D eigenvalue weighted by Crippen LogP contribution is 2.32. The standard InChI is InChI=1S/C18H10F3N3O4S/c19-18(20,21)11-3-1-10(2-4-11)16-22-12(9-29-16)8-23-14-7-13(24(26)27)5-6-15(14)28-17(23)25/h1-7,9H,8H2. The molecule has 0 aliphatic heterocycles. The zero-order chi connectivity index (χ0) is 20.8. The Kier molecular flexibility index (Phi) is 4.46. The van der Waals surface area contributed by atoms with Crippen LogP contribution in [0.2, 0.25) is 0 Å². The first-order chi connectivity index (χ1) is 13.7. The molecule has 2 aromatic heterocycles. The number of nitrogens with zero attached hydrogens (tertiary/aromatic N) is 3. The van der Waals surface area contributed by atoms with Crippen molar-refractivity contribution in [2.75, 3.05) is 0 Å². The van der Waals surface area contributed by atoms with Crippen LogP contribution in [0.1, 0.15) is 11.3 Å². The van der Waals surface area contributed by atoms with Gasteiger partial charge in [0, 0.05) is 23.1 Å². The average molecular weight is 421 g/mol. The topological polar surface area (TPSA) is 91.2 Å². The van der Waals surface area contributed by atoms with Crippen molar-refractivity contribution in [3.05, 3.63) is 79.8 Å². The third-order valence-electron chi connectivity index (χ3n) is 4.19. The second-order valence-electron chi connectivity index (χ2n) is 6.08. The molecule has 0 saturated carbocycles. The zero-order valence-corrected chi connectivity index (χ0v) is 15.2. The van der Waals surface area contributed by atoms with Gasteiger partial charge in [-0.05, 0) is 18.2 Å². The number of alkyl halides is 3. The van der Waals surface area contributed by atoms with E-state index in [1.54, 1.807) is 5.38 Å². The molecule has 2 aromatic carbocycles. The fraction of sp³-hybridized carbons (Fsp3) is 0.111. The summed E-state index contributed by atoms with van der Waals surface area (Å²) in [6, 6.07) is 8.43. The van der Waals surface area contributed by atoms with Gasteiger partial charge in [-0.15, -0.1) is 11.3 Å². The number of aromatic nitrogens is 2. The Labute approximate surface area is 163 Å². The van der Waals surface area contributed by atoms with E-state index in [1.807, 2.05) is 0 Å². The Hall–Kier alpha value is -3.47. The first kappa shape index (κ1) is 18.9. The molecule has 0 bridgehead atoms. The summed E-state index contributed by atoms with van der Waals surface area (Å²) in [4.78, 5) is 26.9. The van der Waals surface area contributed by atoms with Crippen molar-refractivity contribution in [3.63, 3.8) is 0 Å². The summed E-state index contributed by atoms with van der Waals surface area (Å²) in [6.07, 6.45) is -4.42. The normalized spacial score (nSPS) is 11.8. The monoisotopic (exact) mass is 421 g/mol. The molecule has 29 heavy (non-hydrogen) atoms. The third kappa shape index (κ3) is 3.63. The van der Waals surface area contributed by atoms with Gasteiger partial charge in [-0.2, -0.15) is 13.2 Å². The molecule has 4 aromatic rings. The molecule has 4 rings (SSSR count). The van der Waals surface area contributed by atoms with E-state index in [0.29, 0.717) is 16.3 Å². The van der Waals surface area contributed by atoms with Gasteiger partial charge in [0.15, 0.2) is 5.58 Å². The highest BCUT2D eigenvalue weighted by molar-refractivity contribution is 7.13. The molecule has 0 spiro atoms. The van der Waals surface area contributed by atoms with Crippen LogP contribution in [0, 0.1) is 10.1 Å². The van der Waals surface area contributed by atoms with Gasteiger partial charge < -0.3 is 4.42 Å². The first-order valence-electron chi connectivity index (χ1n) is 8.12. The summed E-state index contributed by atoms with van der Waals surface area (Å²) >= 11 is 1.21. The highest BCUT2D eigenvalue weighted by atomic mass is 32.1. The van der Waals surface area contributed by atoms with Crippen molar-refractivity contribution >= 4 is 28.1 Å². The van der Waals surface area contributed by atoms with Crippen molar-refractivity contribution in [2.45, 2.75) is 12.7 Å². The molecule has 7 nitrogen and oxygen atoms in total. The number of hydrogen-bond donors (Lipinski definition) is 0. The van der Waals surface area contributed by atoms with Gasteiger partial charge in [-0.1, -0.05) is 12.1 Å². The molecule has 0 saturated heterocycles. The molecular formula is C18H10F3N3O4S. The lowest BCUT2D eigenvalue weighted by atomic mass is 10.1. The predicted octanol–water partition coefficient (Wildman–Crippen LogP) is 4.69. The summed E-state index contributed by atoms with van der Waals surface area (Å²) in [7, 11) is 0. The Morgan fingerprint density at radius 1 is 1.17 bits per heavy atom. The predicted molar refractivity (Wildman–Crippen MR) is 98.8 cm³/mol. The maximum Gasteiger partial charge on any atom is 0.420 e. The minimum absolute atomic E-state index is 0.00410. The number of thiazole rings is 1. The second kappa shape index (κ2) is 6.85. The summed E-state index contributed by atoms with van der Waals surface area (Å²) in [6.45, 7) is 0.00410. The van der Waals surface area contributed by atoms with Crippen LogP contribution in [-0.2, 0) is 12.7 Å². The van der Waals surface area contributed by atoms with Crippen molar-refractivity contribution in [2.24, 2.45) is 0 Å². The maximum atomic E-state index is 12.7. The van der Waals surface area contributed by atoms with Crippen LogP contribution in [0.25, 0.3) is 21.7 Å². The lowest BCUT2D eigenvalue weighted by molar-refractivity contribution is -0.384. The smallest absolute Gasteiger partial charge is 0.408 e. The molecule has 0 N–H and O–H groups in total. The van der Waals surface area contributed by atoms with E-state index >= 15 is 0 Å². The van der Waals surface area contributed by atoms with Crippen LogP contribution in [-0.4, -0.2) is 14.5 Å². The molecule has 0 amide bonds.